The van der Waals surface area contributed by atoms with E-state index in [1.165, 1.54) is 24.0 Å². The molecule has 1 aromatic carbocycles. The van der Waals surface area contributed by atoms with Crippen molar-refractivity contribution in [2.24, 2.45) is 0 Å². The number of rotatable bonds is 9. The summed E-state index contributed by atoms with van der Waals surface area (Å²) < 4.78 is 5.83. The van der Waals surface area contributed by atoms with Crippen LogP contribution >= 0.6 is 0 Å². The van der Waals surface area contributed by atoms with Crippen LogP contribution in [0.3, 0.4) is 0 Å². The Labute approximate surface area is 128 Å². The van der Waals surface area contributed by atoms with Gasteiger partial charge in [0.25, 0.3) is 0 Å². The molecule has 3 heteroatoms. The summed E-state index contributed by atoms with van der Waals surface area (Å²) in [5, 5.41) is 13.1. The molecule has 1 aromatic rings. The predicted molar refractivity (Wildman–Crippen MR) is 86.9 cm³/mol. The van der Waals surface area contributed by atoms with Gasteiger partial charge in [-0.3, -0.25) is 0 Å². The van der Waals surface area contributed by atoms with Crippen LogP contribution in [0.2, 0.25) is 0 Å². The van der Waals surface area contributed by atoms with Gasteiger partial charge in [-0.25, -0.2) is 0 Å². The van der Waals surface area contributed by atoms with Crippen LogP contribution in [0, 0.1) is 13.8 Å². The van der Waals surface area contributed by atoms with Gasteiger partial charge in [0.1, 0.15) is 5.75 Å². The van der Waals surface area contributed by atoms with Crippen LogP contribution in [0.25, 0.3) is 0 Å². The fraction of sp³-hybridized carbons (Fsp3) is 0.667. The Balaban J connectivity index is 1.66. The zero-order valence-electron chi connectivity index (χ0n) is 13.6. The van der Waals surface area contributed by atoms with Gasteiger partial charge in [-0.1, -0.05) is 6.07 Å². The van der Waals surface area contributed by atoms with Crippen molar-refractivity contribution < 1.29 is 9.84 Å². The van der Waals surface area contributed by atoms with Gasteiger partial charge in [0.05, 0.1) is 13.2 Å². The monoisotopic (exact) mass is 291 g/mol. The molecule has 0 heterocycles. The lowest BCUT2D eigenvalue weighted by molar-refractivity contribution is 0.158. The Kier molecular flexibility index (Phi) is 5.65. The van der Waals surface area contributed by atoms with Crippen molar-refractivity contribution in [2.75, 3.05) is 13.2 Å². The van der Waals surface area contributed by atoms with E-state index >= 15 is 0 Å². The van der Waals surface area contributed by atoms with Gasteiger partial charge in [0.15, 0.2) is 0 Å². The number of benzene rings is 1. The number of hydrogen-bond donors (Lipinski definition) is 2. The number of hydrogen-bond acceptors (Lipinski definition) is 3. The Morgan fingerprint density at radius 2 is 1.86 bits per heavy atom. The van der Waals surface area contributed by atoms with Crippen molar-refractivity contribution >= 4 is 0 Å². The van der Waals surface area contributed by atoms with Crippen molar-refractivity contribution in [1.29, 1.82) is 0 Å². The van der Waals surface area contributed by atoms with Crippen LogP contribution < -0.4 is 10.1 Å². The van der Waals surface area contributed by atoms with E-state index in [0.29, 0.717) is 6.04 Å². The molecule has 1 saturated carbocycles. The van der Waals surface area contributed by atoms with Gasteiger partial charge < -0.3 is 15.2 Å². The first-order chi connectivity index (χ1) is 10.0. The zero-order valence-corrected chi connectivity index (χ0v) is 13.6. The molecule has 21 heavy (non-hydrogen) atoms. The first-order valence-electron chi connectivity index (χ1n) is 8.10. The lowest BCUT2D eigenvalue weighted by Crippen LogP contribution is -2.46. The van der Waals surface area contributed by atoms with E-state index in [0.717, 1.165) is 31.6 Å². The molecule has 1 unspecified atom stereocenters. The molecular formula is C18H29NO2. The van der Waals surface area contributed by atoms with E-state index in [1.807, 2.05) is 0 Å². The van der Waals surface area contributed by atoms with Gasteiger partial charge in [0, 0.05) is 11.6 Å². The summed E-state index contributed by atoms with van der Waals surface area (Å²) in [5.41, 5.74) is 2.36. The van der Waals surface area contributed by atoms with Gasteiger partial charge in [0.2, 0.25) is 0 Å². The molecule has 0 spiro atoms. The average Bonchev–Trinajstić information content (AvgIpc) is 3.21. The number of aryl methyl sites for hydroxylation is 2. The molecule has 0 bridgehead atoms. The second-order valence-electron chi connectivity index (χ2n) is 6.77. The lowest BCUT2D eigenvalue weighted by atomic mass is 9.95. The third-order valence-electron chi connectivity index (χ3n) is 4.07. The smallest absolute Gasteiger partial charge is 0.119 e. The average molecular weight is 291 g/mol. The summed E-state index contributed by atoms with van der Waals surface area (Å²) in [6.45, 7) is 7.26. The first-order valence-corrected chi connectivity index (χ1v) is 8.10. The van der Waals surface area contributed by atoms with E-state index in [4.69, 9.17) is 4.74 Å². The summed E-state index contributed by atoms with van der Waals surface area (Å²) in [4.78, 5) is 0. The molecule has 1 fully saturated rings. The maximum Gasteiger partial charge on any atom is 0.119 e. The number of nitrogens with one attached hydrogen (secondary N) is 1. The minimum atomic E-state index is -0.124. The molecular weight excluding hydrogens is 262 g/mol. The molecule has 3 nitrogen and oxygen atoms in total. The van der Waals surface area contributed by atoms with Crippen molar-refractivity contribution in [3.63, 3.8) is 0 Å². The number of ether oxygens (including phenoxy) is 1. The third-order valence-corrected chi connectivity index (χ3v) is 4.07. The predicted octanol–water partition coefficient (Wildman–Crippen LogP) is 3.36. The van der Waals surface area contributed by atoms with E-state index in [9.17, 15) is 5.11 Å². The fourth-order valence-electron chi connectivity index (χ4n) is 2.74. The number of unbranched alkanes of at least 4 members (excludes halogenated alkanes) is 1. The Morgan fingerprint density at radius 3 is 2.43 bits per heavy atom. The largest absolute Gasteiger partial charge is 0.494 e. The Bertz CT molecular complexity index is 436. The molecule has 118 valence electrons. The molecule has 0 aliphatic heterocycles. The van der Waals surface area contributed by atoms with Crippen molar-refractivity contribution in [1.82, 2.24) is 5.32 Å². The molecule has 1 aliphatic carbocycles. The second kappa shape index (κ2) is 7.28. The Morgan fingerprint density at radius 1 is 1.19 bits per heavy atom. The molecule has 0 radical (unpaired) electrons. The minimum absolute atomic E-state index is 0.124. The zero-order chi connectivity index (χ0) is 15.3. The highest BCUT2D eigenvalue weighted by atomic mass is 16.5. The quantitative estimate of drug-likeness (QED) is 0.686. The Hall–Kier alpha value is -1.06. The minimum Gasteiger partial charge on any atom is -0.494 e. The van der Waals surface area contributed by atoms with Crippen LogP contribution in [0.4, 0.5) is 0 Å². The van der Waals surface area contributed by atoms with Gasteiger partial charge in [-0.2, -0.15) is 0 Å². The van der Waals surface area contributed by atoms with Crippen LogP contribution in [0.1, 0.15) is 50.2 Å². The van der Waals surface area contributed by atoms with E-state index in [2.05, 4.69) is 44.3 Å². The summed E-state index contributed by atoms with van der Waals surface area (Å²) >= 11 is 0. The molecule has 1 atom stereocenters. The standard InChI is InChI=1S/C18H29NO2/c1-14-10-15(2)12-17(11-14)21-9-5-4-8-18(3,13-20)19-16-6-7-16/h10-12,16,19-20H,4-9,13H2,1-3H3. The number of aliphatic hydroxyl groups is 1. The maximum absolute atomic E-state index is 9.56. The van der Waals surface area contributed by atoms with Crippen LogP contribution in [0.15, 0.2) is 18.2 Å². The van der Waals surface area contributed by atoms with Crippen LogP contribution in [-0.4, -0.2) is 29.9 Å². The first kappa shape index (κ1) is 16.3. The van der Waals surface area contributed by atoms with Crippen molar-refractivity contribution in [3.8, 4) is 5.75 Å². The highest BCUT2D eigenvalue weighted by Crippen LogP contribution is 2.25. The summed E-state index contributed by atoms with van der Waals surface area (Å²) in [6.07, 6.45) is 5.60. The van der Waals surface area contributed by atoms with Crippen molar-refractivity contribution in [3.05, 3.63) is 29.3 Å². The molecule has 0 amide bonds. The molecule has 1 aliphatic rings. The van der Waals surface area contributed by atoms with Crippen LogP contribution in [-0.2, 0) is 0 Å². The molecule has 0 aromatic heterocycles. The maximum atomic E-state index is 9.56. The van der Waals surface area contributed by atoms with E-state index in [1.54, 1.807) is 0 Å². The summed E-state index contributed by atoms with van der Waals surface area (Å²) in [6, 6.07) is 6.95. The fourth-order valence-corrected chi connectivity index (χ4v) is 2.74. The van der Waals surface area contributed by atoms with Gasteiger partial charge in [-0.05, 0) is 76.1 Å². The lowest BCUT2D eigenvalue weighted by Gasteiger charge is -2.29. The van der Waals surface area contributed by atoms with E-state index in [-0.39, 0.29) is 12.1 Å². The summed E-state index contributed by atoms with van der Waals surface area (Å²) in [7, 11) is 0. The molecule has 0 saturated heterocycles. The summed E-state index contributed by atoms with van der Waals surface area (Å²) in [5.74, 6) is 0.966. The van der Waals surface area contributed by atoms with E-state index < -0.39 is 0 Å². The van der Waals surface area contributed by atoms with Gasteiger partial charge in [-0.15, -0.1) is 0 Å². The van der Waals surface area contributed by atoms with Crippen molar-refractivity contribution in [2.45, 2.75) is 64.5 Å². The molecule has 2 rings (SSSR count). The normalized spacial score (nSPS) is 17.5. The highest BCUT2D eigenvalue weighted by molar-refractivity contribution is 5.32. The van der Waals surface area contributed by atoms with Gasteiger partial charge >= 0.3 is 0 Å². The number of aliphatic hydroxyl groups excluding tert-OH is 1. The molecule has 2 N–H and O–H groups in total. The third kappa shape index (κ3) is 5.68. The second-order valence-corrected chi connectivity index (χ2v) is 6.77. The van der Waals surface area contributed by atoms with Crippen LogP contribution in [0.5, 0.6) is 5.75 Å². The topological polar surface area (TPSA) is 41.5 Å². The highest BCUT2D eigenvalue weighted by Gasteiger charge is 2.31. The SMILES string of the molecule is Cc1cc(C)cc(OCCCCC(C)(CO)NC2CC2)c1.